The third-order valence-corrected chi connectivity index (χ3v) is 4.50. The van der Waals surface area contributed by atoms with Gasteiger partial charge < -0.3 is 19.0 Å². The summed E-state index contributed by atoms with van der Waals surface area (Å²) in [5.74, 6) is 1.77. The Morgan fingerprint density at radius 2 is 1.61 bits per heavy atom. The SMILES string of the molecule is CCc1cc(OCC=C(Cl)Cl)cc(CC)c1OCCCCOCC/C=N/OC(C)(C)C. The molecule has 0 aromatic heterocycles. The number of hydrogen-bond donors (Lipinski definition) is 0. The molecule has 0 saturated carbocycles. The average Bonchev–Trinajstić information content (AvgIpc) is 2.71. The van der Waals surface area contributed by atoms with Crippen LogP contribution in [-0.4, -0.2) is 38.2 Å². The molecule has 0 heterocycles. The van der Waals surface area contributed by atoms with E-state index in [0.717, 1.165) is 54.7 Å². The Labute approximate surface area is 197 Å². The number of rotatable bonds is 15. The van der Waals surface area contributed by atoms with Crippen LogP contribution < -0.4 is 9.47 Å². The highest BCUT2D eigenvalue weighted by Gasteiger charge is 2.11. The Balaban J connectivity index is 2.36. The molecule has 0 amide bonds. The van der Waals surface area contributed by atoms with Crippen LogP contribution in [-0.2, 0) is 22.4 Å². The lowest BCUT2D eigenvalue weighted by molar-refractivity contribution is 0.00128. The van der Waals surface area contributed by atoms with Crippen molar-refractivity contribution in [2.24, 2.45) is 5.16 Å². The minimum absolute atomic E-state index is 0.207. The van der Waals surface area contributed by atoms with Crippen molar-refractivity contribution in [3.8, 4) is 11.5 Å². The normalized spacial score (nSPS) is 11.6. The predicted molar refractivity (Wildman–Crippen MR) is 130 cm³/mol. The van der Waals surface area contributed by atoms with E-state index in [1.165, 1.54) is 0 Å². The van der Waals surface area contributed by atoms with Gasteiger partial charge in [-0.15, -0.1) is 0 Å². The van der Waals surface area contributed by atoms with Crippen LogP contribution in [0.15, 0.2) is 27.9 Å². The van der Waals surface area contributed by atoms with Crippen LogP contribution in [0.5, 0.6) is 11.5 Å². The van der Waals surface area contributed by atoms with E-state index in [1.54, 1.807) is 12.3 Å². The second-order valence-electron chi connectivity index (χ2n) is 8.03. The zero-order valence-corrected chi connectivity index (χ0v) is 21.0. The minimum Gasteiger partial charge on any atom is -0.493 e. The summed E-state index contributed by atoms with van der Waals surface area (Å²) in [6.45, 7) is 12.5. The zero-order valence-electron chi connectivity index (χ0n) is 19.5. The van der Waals surface area contributed by atoms with Crippen molar-refractivity contribution < 1.29 is 19.0 Å². The van der Waals surface area contributed by atoms with Gasteiger partial charge in [-0.25, -0.2) is 0 Å². The molecular weight excluding hydrogens is 437 g/mol. The van der Waals surface area contributed by atoms with Gasteiger partial charge in [-0.3, -0.25) is 0 Å². The van der Waals surface area contributed by atoms with Crippen molar-refractivity contribution in [3.05, 3.63) is 33.8 Å². The van der Waals surface area contributed by atoms with E-state index >= 15 is 0 Å². The Bertz CT molecular complexity index is 670. The summed E-state index contributed by atoms with van der Waals surface area (Å²) in [6, 6.07) is 4.05. The van der Waals surface area contributed by atoms with Gasteiger partial charge in [0.05, 0.1) is 13.2 Å². The van der Waals surface area contributed by atoms with Gasteiger partial charge in [0.2, 0.25) is 0 Å². The highest BCUT2D eigenvalue weighted by atomic mass is 35.5. The maximum Gasteiger partial charge on any atom is 0.129 e. The van der Waals surface area contributed by atoms with E-state index in [9.17, 15) is 0 Å². The highest BCUT2D eigenvalue weighted by Crippen LogP contribution is 2.31. The number of aryl methyl sites for hydroxylation is 2. The summed E-state index contributed by atoms with van der Waals surface area (Å²) in [6.07, 6.45) is 7.74. The van der Waals surface area contributed by atoms with Crippen LogP contribution >= 0.6 is 23.2 Å². The van der Waals surface area contributed by atoms with E-state index in [4.69, 9.17) is 42.3 Å². The number of hydrogen-bond acceptors (Lipinski definition) is 5. The van der Waals surface area contributed by atoms with Crippen LogP contribution in [0.4, 0.5) is 0 Å². The lowest BCUT2D eigenvalue weighted by Crippen LogP contribution is -2.15. The molecule has 0 atom stereocenters. The Morgan fingerprint density at radius 3 is 2.19 bits per heavy atom. The zero-order chi connectivity index (χ0) is 23.1. The molecule has 1 aromatic carbocycles. The van der Waals surface area contributed by atoms with Crippen LogP contribution in [0.1, 0.15) is 65.0 Å². The lowest BCUT2D eigenvalue weighted by Gasteiger charge is -2.17. The van der Waals surface area contributed by atoms with Gasteiger partial charge >= 0.3 is 0 Å². The number of oxime groups is 1. The first kappa shape index (κ1) is 27.6. The lowest BCUT2D eigenvalue weighted by atomic mass is 10.0. The van der Waals surface area contributed by atoms with Crippen LogP contribution in [0.2, 0.25) is 0 Å². The average molecular weight is 474 g/mol. The van der Waals surface area contributed by atoms with Gasteiger partial charge in [0.1, 0.15) is 28.2 Å². The third-order valence-electron chi connectivity index (χ3n) is 4.19. The van der Waals surface area contributed by atoms with Gasteiger partial charge in [-0.05, 0) is 75.8 Å². The highest BCUT2D eigenvalue weighted by molar-refractivity contribution is 6.55. The Kier molecular flexibility index (Phi) is 13.7. The van der Waals surface area contributed by atoms with Crippen molar-refractivity contribution in [2.45, 2.75) is 72.3 Å². The molecule has 1 aromatic rings. The predicted octanol–water partition coefficient (Wildman–Crippen LogP) is 6.88. The quantitative estimate of drug-likeness (QED) is 0.158. The van der Waals surface area contributed by atoms with E-state index in [0.29, 0.717) is 26.4 Å². The summed E-state index contributed by atoms with van der Waals surface area (Å²) in [5, 5.41) is 3.94. The van der Waals surface area contributed by atoms with E-state index in [-0.39, 0.29) is 10.1 Å². The second-order valence-corrected chi connectivity index (χ2v) is 9.04. The first-order valence-electron chi connectivity index (χ1n) is 11.0. The first-order valence-corrected chi connectivity index (χ1v) is 11.7. The molecule has 5 nitrogen and oxygen atoms in total. The molecular formula is C24H37Cl2NO4. The fourth-order valence-corrected chi connectivity index (χ4v) is 2.81. The van der Waals surface area contributed by atoms with Crippen molar-refractivity contribution in [3.63, 3.8) is 0 Å². The molecule has 176 valence electrons. The molecule has 0 fully saturated rings. The van der Waals surface area contributed by atoms with Gasteiger partial charge in [0, 0.05) is 19.2 Å². The van der Waals surface area contributed by atoms with Crippen LogP contribution in [0.25, 0.3) is 0 Å². The molecule has 0 aliphatic carbocycles. The summed E-state index contributed by atoms with van der Waals surface area (Å²) in [5.41, 5.74) is 2.03. The maximum atomic E-state index is 6.14. The van der Waals surface area contributed by atoms with Crippen molar-refractivity contribution in [1.29, 1.82) is 0 Å². The summed E-state index contributed by atoms with van der Waals surface area (Å²) >= 11 is 11.3. The number of ether oxygens (including phenoxy) is 3. The maximum absolute atomic E-state index is 6.14. The Hall–Kier alpha value is -1.43. The molecule has 0 unspecified atom stereocenters. The molecule has 7 heteroatoms. The summed E-state index contributed by atoms with van der Waals surface area (Å²) in [7, 11) is 0. The van der Waals surface area contributed by atoms with Gasteiger partial charge in [-0.2, -0.15) is 0 Å². The van der Waals surface area contributed by atoms with Crippen LogP contribution in [0.3, 0.4) is 0 Å². The number of unbranched alkanes of at least 4 members (excludes halogenated alkanes) is 1. The molecule has 0 aliphatic rings. The summed E-state index contributed by atoms with van der Waals surface area (Å²) < 4.78 is 17.7. The Morgan fingerprint density at radius 1 is 0.968 bits per heavy atom. The van der Waals surface area contributed by atoms with E-state index < -0.39 is 0 Å². The van der Waals surface area contributed by atoms with E-state index in [2.05, 4.69) is 19.0 Å². The first-order chi connectivity index (χ1) is 14.8. The topological polar surface area (TPSA) is 49.3 Å². The largest absolute Gasteiger partial charge is 0.493 e. The molecule has 0 aliphatic heterocycles. The molecule has 0 spiro atoms. The standard InChI is InChI=1S/C24H37Cl2NO4/c1-6-19-17-21(29-16-11-22(25)26)18-20(7-2)23(19)30-15-9-8-13-28-14-10-12-27-31-24(3,4)5/h11-12,17-18H,6-10,13-16H2,1-5H3/b27-12+. The second kappa shape index (κ2) is 15.4. The third kappa shape index (κ3) is 12.9. The van der Waals surface area contributed by atoms with Crippen molar-refractivity contribution >= 4 is 29.4 Å². The molecule has 1 rings (SSSR count). The number of nitrogens with zero attached hydrogens (tertiary/aromatic N) is 1. The monoisotopic (exact) mass is 473 g/mol. The van der Waals surface area contributed by atoms with E-state index in [1.807, 2.05) is 32.9 Å². The number of halogens is 2. The minimum atomic E-state index is -0.254. The molecule has 31 heavy (non-hydrogen) atoms. The van der Waals surface area contributed by atoms with Gasteiger partial charge in [0.15, 0.2) is 0 Å². The number of benzene rings is 1. The fourth-order valence-electron chi connectivity index (χ4n) is 2.68. The summed E-state index contributed by atoms with van der Waals surface area (Å²) in [4.78, 5) is 5.28. The van der Waals surface area contributed by atoms with Crippen molar-refractivity contribution in [1.82, 2.24) is 0 Å². The molecule has 0 N–H and O–H groups in total. The molecule has 0 saturated heterocycles. The molecule has 0 radical (unpaired) electrons. The van der Waals surface area contributed by atoms with Crippen LogP contribution in [0, 0.1) is 0 Å². The van der Waals surface area contributed by atoms with Crippen molar-refractivity contribution in [2.75, 3.05) is 26.4 Å². The molecule has 0 bridgehead atoms. The smallest absolute Gasteiger partial charge is 0.129 e. The van der Waals surface area contributed by atoms with Gasteiger partial charge in [0.25, 0.3) is 0 Å². The van der Waals surface area contributed by atoms with Gasteiger partial charge in [-0.1, -0.05) is 42.2 Å². The fraction of sp³-hybridized carbons (Fsp3) is 0.625.